The maximum atomic E-state index is 12.9. The molecule has 2 aromatic heterocycles. The molecule has 9 nitrogen and oxygen atoms in total. The number of carbonyl (C=O) groups is 2. The lowest BCUT2D eigenvalue weighted by atomic mass is 10.1. The van der Waals surface area contributed by atoms with Crippen LogP contribution in [0.15, 0.2) is 18.7 Å². The van der Waals surface area contributed by atoms with Crippen molar-refractivity contribution < 1.29 is 9.59 Å². The minimum atomic E-state index is -0.0213. The predicted octanol–water partition coefficient (Wildman–Crippen LogP) is 0.885. The maximum Gasteiger partial charge on any atom is 0.251 e. The summed E-state index contributed by atoms with van der Waals surface area (Å²) >= 11 is 0. The van der Waals surface area contributed by atoms with Gasteiger partial charge in [-0.15, -0.1) is 6.58 Å². The van der Waals surface area contributed by atoms with Crippen molar-refractivity contribution in [3.63, 3.8) is 0 Å². The molecule has 166 valence electrons. The summed E-state index contributed by atoms with van der Waals surface area (Å²) in [5.41, 5.74) is 4.37. The second-order valence-electron chi connectivity index (χ2n) is 7.94. The number of aromatic nitrogens is 4. The highest BCUT2D eigenvalue weighted by Crippen LogP contribution is 2.18. The summed E-state index contributed by atoms with van der Waals surface area (Å²) < 4.78 is 1.72. The van der Waals surface area contributed by atoms with Gasteiger partial charge in [-0.2, -0.15) is 5.10 Å². The number of piperazine rings is 1. The van der Waals surface area contributed by atoms with Gasteiger partial charge in [0, 0.05) is 55.4 Å². The first-order valence-corrected chi connectivity index (χ1v) is 10.5. The van der Waals surface area contributed by atoms with Crippen LogP contribution in [0.2, 0.25) is 0 Å². The number of carbonyl (C=O) groups excluding carboxylic acids is 2. The summed E-state index contributed by atoms with van der Waals surface area (Å²) in [6.45, 7) is 14.7. The monoisotopic (exact) mass is 425 g/mol. The number of amides is 2. The van der Waals surface area contributed by atoms with Gasteiger partial charge >= 0.3 is 0 Å². The summed E-state index contributed by atoms with van der Waals surface area (Å²) in [6.07, 6.45) is 1.95. The van der Waals surface area contributed by atoms with E-state index >= 15 is 0 Å². The zero-order valence-corrected chi connectivity index (χ0v) is 18.8. The highest BCUT2D eigenvalue weighted by atomic mass is 16.2. The molecular weight excluding hydrogens is 394 g/mol. The Labute approximate surface area is 183 Å². The Bertz CT molecular complexity index is 954. The van der Waals surface area contributed by atoms with Crippen LogP contribution in [0, 0.1) is 27.7 Å². The van der Waals surface area contributed by atoms with Crippen LogP contribution in [-0.4, -0.2) is 80.6 Å². The number of aryl methyl sites for hydroxylation is 3. The molecule has 3 heterocycles. The predicted molar refractivity (Wildman–Crippen MR) is 118 cm³/mol. The molecule has 2 amide bonds. The number of hydrogen-bond acceptors (Lipinski definition) is 6. The largest absolute Gasteiger partial charge is 0.352 e. The van der Waals surface area contributed by atoms with Gasteiger partial charge in [0.1, 0.15) is 0 Å². The Kier molecular flexibility index (Phi) is 7.17. The van der Waals surface area contributed by atoms with E-state index in [1.165, 1.54) is 0 Å². The summed E-state index contributed by atoms with van der Waals surface area (Å²) in [4.78, 5) is 37.7. The van der Waals surface area contributed by atoms with Gasteiger partial charge in [0.2, 0.25) is 11.8 Å². The third-order valence-electron chi connectivity index (χ3n) is 5.46. The van der Waals surface area contributed by atoms with E-state index in [0.717, 1.165) is 28.3 Å². The maximum absolute atomic E-state index is 12.9. The van der Waals surface area contributed by atoms with Crippen molar-refractivity contribution in [2.24, 2.45) is 0 Å². The molecule has 0 unspecified atom stereocenters. The van der Waals surface area contributed by atoms with Gasteiger partial charge in [-0.25, -0.2) is 14.6 Å². The van der Waals surface area contributed by atoms with Crippen LogP contribution in [0.5, 0.6) is 0 Å². The number of hydrogen-bond donors (Lipinski definition) is 1. The van der Waals surface area contributed by atoms with Crippen LogP contribution in [0.3, 0.4) is 0 Å². The summed E-state index contributed by atoms with van der Waals surface area (Å²) in [7, 11) is 0. The average Bonchev–Trinajstić information content (AvgIpc) is 3.00. The van der Waals surface area contributed by atoms with Gasteiger partial charge in [-0.05, 0) is 33.8 Å². The second-order valence-corrected chi connectivity index (χ2v) is 7.94. The Morgan fingerprint density at radius 2 is 1.74 bits per heavy atom. The van der Waals surface area contributed by atoms with Crippen molar-refractivity contribution in [1.29, 1.82) is 0 Å². The summed E-state index contributed by atoms with van der Waals surface area (Å²) in [6, 6.07) is 1.92. The molecule has 0 saturated carbocycles. The normalized spacial score (nSPS) is 14.5. The highest BCUT2D eigenvalue weighted by molar-refractivity contribution is 5.80. The van der Waals surface area contributed by atoms with Crippen molar-refractivity contribution in [2.75, 3.05) is 39.3 Å². The number of nitrogens with one attached hydrogen (secondary N) is 1. The highest BCUT2D eigenvalue weighted by Gasteiger charge is 2.25. The fraction of sp³-hybridized carbons (Fsp3) is 0.500. The molecule has 3 rings (SSSR count). The lowest BCUT2D eigenvalue weighted by molar-refractivity contribution is -0.132. The molecule has 0 aliphatic carbocycles. The molecular formula is C22H31N7O2. The average molecular weight is 426 g/mol. The SMILES string of the molecule is C=CCNC(=O)CN1CCN(C(=O)Cc2c(C)nn(-c3nc(C)cc(C)n3)c2C)CC1. The van der Waals surface area contributed by atoms with E-state index in [2.05, 4.69) is 31.9 Å². The van der Waals surface area contributed by atoms with Crippen LogP contribution in [0.4, 0.5) is 0 Å². The summed E-state index contributed by atoms with van der Waals surface area (Å²) in [5, 5.41) is 7.37. The molecule has 2 aromatic rings. The van der Waals surface area contributed by atoms with Crippen molar-refractivity contribution in [1.82, 2.24) is 34.9 Å². The third-order valence-corrected chi connectivity index (χ3v) is 5.46. The Morgan fingerprint density at radius 1 is 1.10 bits per heavy atom. The molecule has 0 radical (unpaired) electrons. The first kappa shape index (κ1) is 22.6. The Hall–Kier alpha value is -3.07. The molecule has 1 saturated heterocycles. The first-order chi connectivity index (χ1) is 14.8. The fourth-order valence-corrected chi connectivity index (χ4v) is 3.79. The van der Waals surface area contributed by atoms with Crippen molar-refractivity contribution in [3.05, 3.63) is 47.1 Å². The van der Waals surface area contributed by atoms with Gasteiger partial charge in [0.15, 0.2) is 0 Å². The molecule has 9 heteroatoms. The van der Waals surface area contributed by atoms with Crippen molar-refractivity contribution >= 4 is 11.8 Å². The molecule has 1 aliphatic rings. The van der Waals surface area contributed by atoms with E-state index < -0.39 is 0 Å². The molecule has 31 heavy (non-hydrogen) atoms. The van der Waals surface area contributed by atoms with Gasteiger partial charge in [0.05, 0.1) is 18.7 Å². The van der Waals surface area contributed by atoms with Crippen molar-refractivity contribution in [3.8, 4) is 5.95 Å². The summed E-state index contributed by atoms with van der Waals surface area (Å²) in [5.74, 6) is 0.579. The fourth-order valence-electron chi connectivity index (χ4n) is 3.79. The van der Waals surface area contributed by atoms with E-state index in [0.29, 0.717) is 51.6 Å². The molecule has 1 N–H and O–H groups in total. The van der Waals surface area contributed by atoms with Crippen LogP contribution in [0.25, 0.3) is 5.95 Å². The van der Waals surface area contributed by atoms with Crippen LogP contribution in [0.1, 0.15) is 28.3 Å². The van der Waals surface area contributed by atoms with Gasteiger partial charge in [0.25, 0.3) is 5.95 Å². The lowest BCUT2D eigenvalue weighted by Crippen LogP contribution is -2.51. The minimum absolute atomic E-state index is 0.0213. The molecule has 1 aliphatic heterocycles. The van der Waals surface area contributed by atoms with Gasteiger partial charge in [-0.1, -0.05) is 6.08 Å². The second kappa shape index (κ2) is 9.82. The quantitative estimate of drug-likeness (QED) is 0.662. The van der Waals surface area contributed by atoms with Crippen LogP contribution < -0.4 is 5.32 Å². The topological polar surface area (TPSA) is 96.2 Å². The standard InChI is InChI=1S/C22H31N7O2/c1-6-7-23-20(30)14-27-8-10-28(11-9-27)21(31)13-19-17(4)26-29(18(19)5)22-24-15(2)12-16(3)25-22/h6,12H,1,7-11,13-14H2,2-5H3,(H,23,30). The van der Waals surface area contributed by atoms with Gasteiger partial charge < -0.3 is 10.2 Å². The number of nitrogens with zero attached hydrogens (tertiary/aromatic N) is 6. The molecule has 1 fully saturated rings. The van der Waals surface area contributed by atoms with E-state index in [4.69, 9.17) is 0 Å². The van der Waals surface area contributed by atoms with E-state index in [1.54, 1.807) is 10.8 Å². The molecule has 0 bridgehead atoms. The minimum Gasteiger partial charge on any atom is -0.352 e. The molecule has 0 atom stereocenters. The molecule has 0 spiro atoms. The Morgan fingerprint density at radius 3 is 2.35 bits per heavy atom. The van der Waals surface area contributed by atoms with E-state index in [1.807, 2.05) is 38.7 Å². The zero-order valence-electron chi connectivity index (χ0n) is 18.8. The van der Waals surface area contributed by atoms with Crippen LogP contribution >= 0.6 is 0 Å². The third kappa shape index (κ3) is 5.55. The smallest absolute Gasteiger partial charge is 0.251 e. The van der Waals surface area contributed by atoms with Gasteiger partial charge in [-0.3, -0.25) is 14.5 Å². The first-order valence-electron chi connectivity index (χ1n) is 10.5. The zero-order chi connectivity index (χ0) is 22.5. The van der Waals surface area contributed by atoms with Crippen molar-refractivity contribution in [2.45, 2.75) is 34.1 Å². The number of rotatable bonds is 7. The Balaban J connectivity index is 1.62. The van der Waals surface area contributed by atoms with Crippen LogP contribution in [-0.2, 0) is 16.0 Å². The molecule has 0 aromatic carbocycles. The lowest BCUT2D eigenvalue weighted by Gasteiger charge is -2.34. The van der Waals surface area contributed by atoms with E-state index in [-0.39, 0.29) is 11.8 Å². The van der Waals surface area contributed by atoms with E-state index in [9.17, 15) is 9.59 Å².